The fourth-order valence-electron chi connectivity index (χ4n) is 0. The predicted octanol–water partition coefficient (Wildman–Crippen LogP) is 1.14. The summed E-state index contributed by atoms with van der Waals surface area (Å²) < 4.78 is 1.70. The van der Waals surface area contributed by atoms with E-state index in [9.17, 15) is 0 Å². The van der Waals surface area contributed by atoms with E-state index in [1.54, 1.807) is 4.31 Å². The number of hydrogen-bond donors (Lipinski definition) is 0. The van der Waals surface area contributed by atoms with Crippen LogP contribution < -0.4 is 0 Å². The van der Waals surface area contributed by atoms with Crippen molar-refractivity contribution in [3.8, 4) is 0 Å². The van der Waals surface area contributed by atoms with Gasteiger partial charge in [0.05, 0.1) is 0 Å². The van der Waals surface area contributed by atoms with Crippen molar-refractivity contribution in [1.82, 2.24) is 0 Å². The monoisotopic (exact) mass is 144 g/mol. The first-order valence-electron chi connectivity index (χ1n) is 1.06. The van der Waals surface area contributed by atoms with Crippen LogP contribution in [-0.2, 0) is 20.0 Å². The summed E-state index contributed by atoms with van der Waals surface area (Å²) >= 11 is 12.2. The Balaban J connectivity index is 2.83. The Kier molecular flexibility index (Phi) is 4.14. The fraction of sp³-hybridized carbons (Fsp3) is 0.500. The molecule has 0 amide bonds. The molecule has 0 fully saturated rings. The van der Waals surface area contributed by atoms with Gasteiger partial charge < -0.3 is 0 Å². The van der Waals surface area contributed by atoms with E-state index in [0.717, 1.165) is 0 Å². The molecule has 0 atom stereocenters. The second-order valence-electron chi connectivity index (χ2n) is 0.501. The molecule has 5 heavy (non-hydrogen) atoms. The molecule has 0 aliphatic rings. The molecule has 0 aromatic carbocycles. The Morgan fingerprint density at radius 1 is 1.60 bits per heavy atom. The van der Waals surface area contributed by atoms with Gasteiger partial charge in [0.15, 0.2) is 0 Å². The van der Waals surface area contributed by atoms with E-state index in [0.29, 0.717) is 0 Å². The zero-order valence-electron chi connectivity index (χ0n) is 2.41. The summed E-state index contributed by atoms with van der Waals surface area (Å²) in [5.74, 6) is 0. The standard InChI is InChI=1S/C2H2Cl2.Ti/c1-2(3)4;/h1-2H;/q;+2. The van der Waals surface area contributed by atoms with Crippen LogP contribution in [-0.4, -0.2) is 9.15 Å². The van der Waals surface area contributed by atoms with E-state index < -0.39 is 0 Å². The van der Waals surface area contributed by atoms with E-state index in [1.165, 1.54) is 0 Å². The molecule has 0 spiro atoms. The summed E-state index contributed by atoms with van der Waals surface area (Å²) in [5.41, 5.74) is 0. The van der Waals surface area contributed by atoms with Gasteiger partial charge in [-0.3, -0.25) is 0 Å². The maximum atomic E-state index is 5.17. The Morgan fingerprint density at radius 3 is 1.80 bits per heavy atom. The van der Waals surface area contributed by atoms with Gasteiger partial charge in [-0.25, -0.2) is 0 Å². The minimum absolute atomic E-state index is 0.296. The van der Waals surface area contributed by atoms with Gasteiger partial charge in [-0.15, -0.1) is 0 Å². The predicted molar refractivity (Wildman–Crippen MR) is 21.6 cm³/mol. The molecule has 0 nitrogen and oxygen atoms in total. The van der Waals surface area contributed by atoms with E-state index in [4.69, 9.17) is 23.2 Å². The normalized spacial score (nSPS) is 9.00. The van der Waals surface area contributed by atoms with Crippen molar-refractivity contribution in [2.45, 2.75) is 4.84 Å². The molecule has 0 radical (unpaired) electrons. The van der Waals surface area contributed by atoms with Crippen LogP contribution >= 0.6 is 23.2 Å². The van der Waals surface area contributed by atoms with Gasteiger partial charge in [-0.05, 0) is 0 Å². The molecule has 3 heteroatoms. The maximum absolute atomic E-state index is 5.17. The zero-order valence-corrected chi connectivity index (χ0v) is 5.48. The van der Waals surface area contributed by atoms with Gasteiger partial charge in [0.2, 0.25) is 0 Å². The van der Waals surface area contributed by atoms with E-state index in [1.807, 2.05) is 20.0 Å². The number of alkyl halides is 2. The van der Waals surface area contributed by atoms with E-state index in [-0.39, 0.29) is 4.84 Å². The van der Waals surface area contributed by atoms with Crippen LogP contribution in [0.25, 0.3) is 0 Å². The van der Waals surface area contributed by atoms with Gasteiger partial charge in [0.1, 0.15) is 0 Å². The molecule has 0 aromatic heterocycles. The third-order valence-corrected chi connectivity index (χ3v) is 1.56. The third-order valence-electron chi connectivity index (χ3n) is 0.126. The van der Waals surface area contributed by atoms with Gasteiger partial charge in [0, 0.05) is 0 Å². The molecule has 0 aliphatic heterocycles. The first-order valence-corrected chi connectivity index (χ1v) is 2.83. The zero-order chi connectivity index (χ0) is 4.28. The van der Waals surface area contributed by atoms with Gasteiger partial charge in [-0.1, -0.05) is 0 Å². The average Bonchev–Trinajstić information content (AvgIpc) is 1.38. The van der Waals surface area contributed by atoms with Crippen molar-refractivity contribution in [2.75, 3.05) is 0 Å². The van der Waals surface area contributed by atoms with Crippen LogP contribution in [0.4, 0.5) is 0 Å². The van der Waals surface area contributed by atoms with Crippen LogP contribution in [0, 0.1) is 0 Å². The molecule has 0 aromatic rings. The van der Waals surface area contributed by atoms with Crippen LogP contribution in [0.1, 0.15) is 0 Å². The molecule has 0 saturated heterocycles. The molecule has 0 aliphatic carbocycles. The number of hydrogen-bond acceptors (Lipinski definition) is 0. The van der Waals surface area contributed by atoms with Crippen molar-refractivity contribution in [3.05, 3.63) is 0 Å². The summed E-state index contributed by atoms with van der Waals surface area (Å²) in [7, 11) is 0. The number of halogens is 2. The van der Waals surface area contributed by atoms with Crippen LogP contribution in [0.2, 0.25) is 0 Å². The molecule has 0 N–H and O–H groups in total. The quantitative estimate of drug-likeness (QED) is 0.383. The van der Waals surface area contributed by atoms with Gasteiger partial charge in [-0.2, -0.15) is 0 Å². The summed E-state index contributed by atoms with van der Waals surface area (Å²) in [6, 6.07) is 0. The summed E-state index contributed by atoms with van der Waals surface area (Å²) in [5, 5.41) is 0. The van der Waals surface area contributed by atoms with Crippen molar-refractivity contribution in [1.29, 1.82) is 0 Å². The Bertz CT molecular complexity index is 34.6. The second-order valence-corrected chi connectivity index (χ2v) is 2.19. The van der Waals surface area contributed by atoms with Crippen LogP contribution in [0.15, 0.2) is 0 Å². The molecular formula is C2H2Cl2Ti+2. The van der Waals surface area contributed by atoms with Crippen LogP contribution in [0.5, 0.6) is 0 Å². The number of rotatable bonds is 1. The first-order chi connectivity index (χ1) is 2.27. The molecule has 0 heterocycles. The molecule has 26 valence electrons. The molecule has 0 saturated carbocycles. The van der Waals surface area contributed by atoms with Gasteiger partial charge in [0.25, 0.3) is 0 Å². The van der Waals surface area contributed by atoms with Crippen LogP contribution in [0.3, 0.4) is 0 Å². The molecule has 0 bridgehead atoms. The SMILES string of the molecule is ClC(Cl)[CH]=[Ti+2]. The average molecular weight is 145 g/mol. The fourth-order valence-corrected chi connectivity index (χ4v) is 0. The third kappa shape index (κ3) is 5.16. The van der Waals surface area contributed by atoms with Crippen molar-refractivity contribution in [3.63, 3.8) is 0 Å². The topological polar surface area (TPSA) is 0 Å². The molecule has 0 rings (SSSR count). The Morgan fingerprint density at radius 2 is 1.80 bits per heavy atom. The summed E-state index contributed by atoms with van der Waals surface area (Å²) in [4.78, 5) is -0.296. The Labute approximate surface area is 52.4 Å². The van der Waals surface area contributed by atoms with Crippen molar-refractivity contribution >= 4 is 27.5 Å². The minimum atomic E-state index is -0.296. The molecular weight excluding hydrogens is 143 g/mol. The van der Waals surface area contributed by atoms with Gasteiger partial charge >= 0.3 is 52.3 Å². The molecule has 0 unspecified atom stereocenters. The first kappa shape index (κ1) is 6.16. The van der Waals surface area contributed by atoms with Crippen molar-refractivity contribution < 1.29 is 20.0 Å². The van der Waals surface area contributed by atoms with Crippen molar-refractivity contribution in [2.24, 2.45) is 0 Å². The second kappa shape index (κ2) is 3.36. The van der Waals surface area contributed by atoms with E-state index in [2.05, 4.69) is 0 Å². The Hall–Kier alpha value is 1.16. The van der Waals surface area contributed by atoms with E-state index >= 15 is 0 Å². The summed E-state index contributed by atoms with van der Waals surface area (Å²) in [6.07, 6.45) is 0. The summed E-state index contributed by atoms with van der Waals surface area (Å²) in [6.45, 7) is 0.